The molecule has 0 saturated carbocycles. The van der Waals surface area contributed by atoms with Gasteiger partial charge in [0.25, 0.3) is 0 Å². The van der Waals surface area contributed by atoms with Crippen LogP contribution in [0.1, 0.15) is 19.3 Å². The van der Waals surface area contributed by atoms with Crippen LogP contribution in [0, 0.1) is 0 Å². The van der Waals surface area contributed by atoms with Crippen LogP contribution >= 0.6 is 0 Å². The second-order valence-corrected chi connectivity index (χ2v) is 2.50. The maximum atomic E-state index is 10.3. The highest BCUT2D eigenvalue weighted by atomic mass is 16.5. The lowest BCUT2D eigenvalue weighted by Crippen LogP contribution is -2.69. The fourth-order valence-corrected chi connectivity index (χ4v) is 0.726. The van der Waals surface area contributed by atoms with E-state index in [9.17, 15) is 5.11 Å². The van der Waals surface area contributed by atoms with E-state index < -0.39 is 6.29 Å². The van der Waals surface area contributed by atoms with Crippen molar-refractivity contribution in [1.82, 2.24) is 0 Å². The zero-order chi connectivity index (χ0) is 7.98. The van der Waals surface area contributed by atoms with Gasteiger partial charge >= 0.3 is 0 Å². The Morgan fingerprint density at radius 1 is 1.40 bits per heavy atom. The molecule has 0 spiro atoms. The maximum absolute atomic E-state index is 10.3. The highest BCUT2D eigenvalue weighted by molar-refractivity contribution is 4.53. The van der Waals surface area contributed by atoms with Crippen LogP contribution < -0.4 is 16.6 Å². The summed E-state index contributed by atoms with van der Waals surface area (Å²) < 4.78 is 0. The van der Waals surface area contributed by atoms with Gasteiger partial charge in [-0.3, -0.25) is 0 Å². The topological polar surface area (TPSA) is 98.6 Å². The summed E-state index contributed by atoms with van der Waals surface area (Å²) in [5.74, 6) is 0. The van der Waals surface area contributed by atoms with Gasteiger partial charge in [0, 0.05) is 12.7 Å². The lowest BCUT2D eigenvalue weighted by Gasteiger charge is -2.19. The van der Waals surface area contributed by atoms with Crippen LogP contribution in [-0.2, 0) is 0 Å². The smallest absolute Gasteiger partial charge is 0.0953 e. The summed E-state index contributed by atoms with van der Waals surface area (Å²) in [5, 5.41) is 18.8. The van der Waals surface area contributed by atoms with E-state index in [0.717, 1.165) is 19.4 Å². The largest absolute Gasteiger partial charge is 0.827 e. The molecule has 7 N–H and O–H groups in total. The van der Waals surface area contributed by atoms with Gasteiger partial charge in [0.2, 0.25) is 0 Å². The summed E-state index contributed by atoms with van der Waals surface area (Å²) in [6.07, 6.45) is 1.15. The Labute approximate surface area is 60.8 Å². The minimum atomic E-state index is -1.51. The SMILES string of the molecule is [NH3+]CCCC[C@H]([NH3+])[C@@H]([O-])O. The number of aliphatic hydroxyl groups excluding tert-OH is 1. The van der Waals surface area contributed by atoms with Crippen molar-refractivity contribution in [2.24, 2.45) is 0 Å². The van der Waals surface area contributed by atoms with Gasteiger partial charge in [0.05, 0.1) is 12.6 Å². The monoisotopic (exact) mass is 149 g/mol. The summed E-state index contributed by atoms with van der Waals surface area (Å²) in [6, 6.07) is -0.355. The lowest BCUT2D eigenvalue weighted by molar-refractivity contribution is -0.572. The molecule has 10 heavy (non-hydrogen) atoms. The molecule has 0 aliphatic rings. The zero-order valence-electron chi connectivity index (χ0n) is 6.25. The van der Waals surface area contributed by atoms with Crippen LogP contribution in [0.4, 0.5) is 0 Å². The molecule has 0 fully saturated rings. The highest BCUT2D eigenvalue weighted by Gasteiger charge is 2.06. The molecule has 62 valence electrons. The van der Waals surface area contributed by atoms with Crippen molar-refractivity contribution in [3.63, 3.8) is 0 Å². The van der Waals surface area contributed by atoms with Crippen molar-refractivity contribution < 1.29 is 21.7 Å². The molecule has 0 aliphatic carbocycles. The zero-order valence-corrected chi connectivity index (χ0v) is 6.25. The predicted molar refractivity (Wildman–Crippen MR) is 34.3 cm³/mol. The van der Waals surface area contributed by atoms with Gasteiger partial charge in [0.1, 0.15) is 0 Å². The fraction of sp³-hybridized carbons (Fsp3) is 1.00. The molecule has 0 aromatic heterocycles. The number of quaternary nitrogens is 2. The molecule has 0 unspecified atom stereocenters. The number of aliphatic hydroxyl groups is 1. The van der Waals surface area contributed by atoms with Crippen LogP contribution in [0.15, 0.2) is 0 Å². The summed E-state index contributed by atoms with van der Waals surface area (Å²) in [6.45, 7) is 0.891. The van der Waals surface area contributed by atoms with E-state index in [4.69, 9.17) is 5.11 Å². The number of rotatable bonds is 5. The minimum absolute atomic E-state index is 0.355. The summed E-state index contributed by atoms with van der Waals surface area (Å²) in [5.41, 5.74) is 7.19. The van der Waals surface area contributed by atoms with E-state index in [0.29, 0.717) is 6.42 Å². The first-order chi connectivity index (χ1) is 4.68. The molecule has 2 atom stereocenters. The molecule has 0 aliphatic heterocycles. The third-order valence-electron chi connectivity index (χ3n) is 1.48. The lowest BCUT2D eigenvalue weighted by atomic mass is 10.1. The molecule has 0 amide bonds. The van der Waals surface area contributed by atoms with E-state index in [1.54, 1.807) is 0 Å². The van der Waals surface area contributed by atoms with E-state index in [1.165, 1.54) is 0 Å². The molecule has 0 aromatic carbocycles. The maximum Gasteiger partial charge on any atom is 0.0953 e. The average Bonchev–Trinajstić information content (AvgIpc) is 1.88. The van der Waals surface area contributed by atoms with Crippen LogP contribution in [-0.4, -0.2) is 24.0 Å². The molecule has 0 saturated heterocycles. The predicted octanol–water partition coefficient (Wildman–Crippen LogP) is -3.31. The van der Waals surface area contributed by atoms with Gasteiger partial charge in [-0.1, -0.05) is 0 Å². The molecule has 0 heterocycles. The van der Waals surface area contributed by atoms with Gasteiger partial charge in [0.15, 0.2) is 0 Å². The second-order valence-electron chi connectivity index (χ2n) is 2.50. The van der Waals surface area contributed by atoms with Gasteiger partial charge in [-0.25, -0.2) is 0 Å². The molecule has 0 rings (SSSR count). The number of hydrogen-bond donors (Lipinski definition) is 3. The quantitative estimate of drug-likeness (QED) is 0.282. The Kier molecular flexibility index (Phi) is 5.52. The van der Waals surface area contributed by atoms with Crippen molar-refractivity contribution in [2.75, 3.05) is 6.54 Å². The van der Waals surface area contributed by atoms with Gasteiger partial charge < -0.3 is 21.7 Å². The van der Waals surface area contributed by atoms with Gasteiger partial charge in [-0.15, -0.1) is 0 Å². The van der Waals surface area contributed by atoms with Gasteiger partial charge in [-0.2, -0.15) is 0 Å². The normalized spacial score (nSPS) is 16.8. The third-order valence-corrected chi connectivity index (χ3v) is 1.48. The number of hydrogen-bond acceptors (Lipinski definition) is 2. The van der Waals surface area contributed by atoms with Crippen molar-refractivity contribution in [3.05, 3.63) is 0 Å². The van der Waals surface area contributed by atoms with E-state index in [2.05, 4.69) is 11.5 Å². The van der Waals surface area contributed by atoms with Crippen LogP contribution in [0.3, 0.4) is 0 Å². The van der Waals surface area contributed by atoms with Crippen molar-refractivity contribution >= 4 is 0 Å². The van der Waals surface area contributed by atoms with Crippen LogP contribution in [0.5, 0.6) is 0 Å². The Bertz CT molecular complexity index is 78.1. The highest BCUT2D eigenvalue weighted by Crippen LogP contribution is 1.96. The standard InChI is InChI=1S/C6H15N2O2/c7-4-2-1-3-5(8)6(9)10/h5-6,9H,1-4,7-8H2/q-1/p+2/t5-,6+/m0/s1. The van der Waals surface area contributed by atoms with Crippen molar-refractivity contribution in [2.45, 2.75) is 31.6 Å². The first kappa shape index (κ1) is 9.84. The fourth-order valence-electron chi connectivity index (χ4n) is 0.726. The molecule has 0 radical (unpaired) electrons. The average molecular weight is 149 g/mol. The molecule has 0 bridgehead atoms. The summed E-state index contributed by atoms with van der Waals surface area (Å²) in [4.78, 5) is 0. The molecule has 0 aromatic rings. The summed E-state index contributed by atoms with van der Waals surface area (Å²) >= 11 is 0. The van der Waals surface area contributed by atoms with Crippen molar-refractivity contribution in [3.8, 4) is 0 Å². The molecular formula is C6H17N2O2+. The van der Waals surface area contributed by atoms with Crippen LogP contribution in [0.2, 0.25) is 0 Å². The summed E-state index contributed by atoms with van der Waals surface area (Å²) in [7, 11) is 0. The van der Waals surface area contributed by atoms with Crippen molar-refractivity contribution in [1.29, 1.82) is 0 Å². The second kappa shape index (κ2) is 5.61. The van der Waals surface area contributed by atoms with E-state index in [1.807, 2.05) is 0 Å². The first-order valence-corrected chi connectivity index (χ1v) is 3.64. The Hall–Kier alpha value is -0.160. The first-order valence-electron chi connectivity index (χ1n) is 3.64. The number of unbranched alkanes of at least 4 members (excludes halogenated alkanes) is 1. The molecule has 4 nitrogen and oxygen atoms in total. The Morgan fingerprint density at radius 3 is 2.40 bits per heavy atom. The van der Waals surface area contributed by atoms with E-state index >= 15 is 0 Å². The molecule has 4 heteroatoms. The van der Waals surface area contributed by atoms with E-state index in [-0.39, 0.29) is 6.04 Å². The van der Waals surface area contributed by atoms with Crippen LogP contribution in [0.25, 0.3) is 0 Å². The minimum Gasteiger partial charge on any atom is -0.827 e. The Morgan fingerprint density at radius 2 is 2.00 bits per heavy atom. The van der Waals surface area contributed by atoms with Gasteiger partial charge in [-0.05, 0) is 12.8 Å². The Balaban J connectivity index is 3.13. The third kappa shape index (κ3) is 4.69. The molecular weight excluding hydrogens is 132 g/mol.